The van der Waals surface area contributed by atoms with Crippen LogP contribution in [0.25, 0.3) is 0 Å². The Morgan fingerprint density at radius 3 is 2.72 bits per heavy atom. The quantitative estimate of drug-likeness (QED) is 0.775. The summed E-state index contributed by atoms with van der Waals surface area (Å²) in [5, 5.41) is 11.4. The van der Waals surface area contributed by atoms with Gasteiger partial charge in [-0.25, -0.2) is 4.39 Å². The van der Waals surface area contributed by atoms with Crippen molar-refractivity contribution < 1.29 is 9.18 Å². The highest BCUT2D eigenvalue weighted by atomic mass is 19.1. The van der Waals surface area contributed by atoms with Crippen LogP contribution in [0.4, 0.5) is 10.1 Å². The first-order valence-corrected chi connectivity index (χ1v) is 8.10. The van der Waals surface area contributed by atoms with Crippen molar-refractivity contribution in [3.05, 3.63) is 65.0 Å². The molecule has 0 fully saturated rings. The minimum Gasteiger partial charge on any atom is -0.319 e. The summed E-state index contributed by atoms with van der Waals surface area (Å²) in [6, 6.07) is 6.60. The predicted octanol–water partition coefficient (Wildman–Crippen LogP) is 3.16. The zero-order valence-electron chi connectivity index (χ0n) is 14.5. The first-order valence-electron chi connectivity index (χ1n) is 8.10. The summed E-state index contributed by atoms with van der Waals surface area (Å²) in [5.74, 6) is -0.510. The average molecular weight is 341 g/mol. The van der Waals surface area contributed by atoms with Crippen LogP contribution in [0.2, 0.25) is 0 Å². The Labute approximate surface area is 145 Å². The van der Waals surface area contributed by atoms with Gasteiger partial charge in [-0.05, 0) is 26.8 Å². The molecule has 0 aliphatic heterocycles. The molecule has 1 aromatic carbocycles. The standard InChI is InChI=1S/C18H20FN5O/c1-4-23-10-15(9-20-23)18(25)21-17-12(2)22-24(13(17)3)11-14-7-5-6-8-16(14)19/h5-10H,4,11H2,1-3H3,(H,21,25). The fourth-order valence-corrected chi connectivity index (χ4v) is 2.66. The van der Waals surface area contributed by atoms with E-state index in [1.165, 1.54) is 12.3 Å². The number of benzene rings is 1. The minimum absolute atomic E-state index is 0.239. The molecule has 0 saturated heterocycles. The van der Waals surface area contributed by atoms with Gasteiger partial charge in [-0.15, -0.1) is 0 Å². The monoisotopic (exact) mass is 341 g/mol. The molecule has 0 bridgehead atoms. The van der Waals surface area contributed by atoms with Crippen LogP contribution in [0.15, 0.2) is 36.7 Å². The highest BCUT2D eigenvalue weighted by molar-refractivity contribution is 6.04. The SMILES string of the molecule is CCn1cc(C(=O)Nc2c(C)nn(Cc3ccccc3F)c2C)cn1. The third kappa shape index (κ3) is 3.45. The van der Waals surface area contributed by atoms with Gasteiger partial charge in [0.1, 0.15) is 5.82 Å². The molecular formula is C18H20FN5O. The van der Waals surface area contributed by atoms with Gasteiger partial charge >= 0.3 is 0 Å². The van der Waals surface area contributed by atoms with Gasteiger partial charge in [0.15, 0.2) is 0 Å². The lowest BCUT2D eigenvalue weighted by Crippen LogP contribution is -2.13. The smallest absolute Gasteiger partial charge is 0.258 e. The van der Waals surface area contributed by atoms with Gasteiger partial charge in [-0.1, -0.05) is 18.2 Å². The number of aromatic nitrogens is 4. The summed E-state index contributed by atoms with van der Waals surface area (Å²) in [7, 11) is 0. The van der Waals surface area contributed by atoms with Gasteiger partial charge in [-0.2, -0.15) is 10.2 Å². The Morgan fingerprint density at radius 2 is 2.04 bits per heavy atom. The lowest BCUT2D eigenvalue weighted by Gasteiger charge is -2.07. The van der Waals surface area contributed by atoms with E-state index in [4.69, 9.17) is 0 Å². The molecule has 0 radical (unpaired) electrons. The zero-order chi connectivity index (χ0) is 18.0. The Bertz CT molecular complexity index is 912. The maximum Gasteiger partial charge on any atom is 0.258 e. The van der Waals surface area contributed by atoms with Crippen LogP contribution in [0.1, 0.15) is 34.2 Å². The van der Waals surface area contributed by atoms with Gasteiger partial charge in [-0.3, -0.25) is 14.2 Å². The van der Waals surface area contributed by atoms with E-state index in [2.05, 4.69) is 15.5 Å². The molecule has 3 rings (SSSR count). The molecule has 0 atom stereocenters. The van der Waals surface area contributed by atoms with Crippen molar-refractivity contribution in [1.82, 2.24) is 19.6 Å². The number of anilines is 1. The molecule has 1 amide bonds. The third-order valence-electron chi connectivity index (χ3n) is 4.12. The fraction of sp³-hybridized carbons (Fsp3) is 0.278. The number of aryl methyl sites for hydroxylation is 2. The van der Waals surface area contributed by atoms with Crippen LogP contribution in [-0.4, -0.2) is 25.5 Å². The van der Waals surface area contributed by atoms with Crippen molar-refractivity contribution in [2.24, 2.45) is 0 Å². The van der Waals surface area contributed by atoms with E-state index in [-0.39, 0.29) is 11.7 Å². The first-order chi connectivity index (χ1) is 12.0. The Morgan fingerprint density at radius 1 is 1.28 bits per heavy atom. The van der Waals surface area contributed by atoms with E-state index in [0.717, 1.165) is 5.69 Å². The van der Waals surface area contributed by atoms with Crippen LogP contribution in [0, 0.1) is 19.7 Å². The molecule has 7 heteroatoms. The van der Waals surface area contributed by atoms with Crippen molar-refractivity contribution in [3.8, 4) is 0 Å². The van der Waals surface area contributed by atoms with Crippen molar-refractivity contribution in [2.45, 2.75) is 33.9 Å². The van der Waals surface area contributed by atoms with Gasteiger partial charge in [0, 0.05) is 18.3 Å². The lowest BCUT2D eigenvalue weighted by molar-refractivity contribution is 0.102. The van der Waals surface area contributed by atoms with E-state index in [1.54, 1.807) is 33.8 Å². The summed E-state index contributed by atoms with van der Waals surface area (Å²) < 4.78 is 17.2. The summed E-state index contributed by atoms with van der Waals surface area (Å²) in [4.78, 5) is 12.4. The highest BCUT2D eigenvalue weighted by Gasteiger charge is 2.17. The molecule has 130 valence electrons. The molecule has 3 aromatic rings. The fourth-order valence-electron chi connectivity index (χ4n) is 2.66. The van der Waals surface area contributed by atoms with E-state index in [1.807, 2.05) is 20.8 Å². The lowest BCUT2D eigenvalue weighted by atomic mass is 10.2. The Kier molecular flexibility index (Phi) is 4.65. The molecule has 0 unspecified atom stereocenters. The number of hydrogen-bond donors (Lipinski definition) is 1. The Balaban J connectivity index is 1.82. The molecule has 2 aromatic heterocycles. The summed E-state index contributed by atoms with van der Waals surface area (Å²) in [5.41, 5.74) is 3.14. The number of carbonyl (C=O) groups is 1. The molecule has 1 N–H and O–H groups in total. The maximum atomic E-state index is 13.9. The molecule has 0 aliphatic rings. The van der Waals surface area contributed by atoms with Crippen LogP contribution >= 0.6 is 0 Å². The number of carbonyl (C=O) groups excluding carboxylic acids is 1. The first kappa shape index (κ1) is 16.9. The molecule has 2 heterocycles. The number of halogens is 1. The number of nitrogens with one attached hydrogen (secondary N) is 1. The summed E-state index contributed by atoms with van der Waals surface area (Å²) in [6.45, 7) is 6.63. The number of amides is 1. The van der Waals surface area contributed by atoms with Gasteiger partial charge in [0.2, 0.25) is 0 Å². The van der Waals surface area contributed by atoms with E-state index in [9.17, 15) is 9.18 Å². The van der Waals surface area contributed by atoms with Gasteiger partial charge < -0.3 is 5.32 Å². The minimum atomic E-state index is -0.271. The number of nitrogens with zero attached hydrogens (tertiary/aromatic N) is 4. The van der Waals surface area contributed by atoms with Gasteiger partial charge in [0.25, 0.3) is 5.91 Å². The van der Waals surface area contributed by atoms with Crippen molar-refractivity contribution in [1.29, 1.82) is 0 Å². The third-order valence-corrected chi connectivity index (χ3v) is 4.12. The summed E-state index contributed by atoms with van der Waals surface area (Å²) in [6.07, 6.45) is 3.23. The summed E-state index contributed by atoms with van der Waals surface area (Å²) >= 11 is 0. The molecule has 6 nitrogen and oxygen atoms in total. The van der Waals surface area contributed by atoms with E-state index >= 15 is 0 Å². The topological polar surface area (TPSA) is 64.7 Å². The van der Waals surface area contributed by atoms with Crippen molar-refractivity contribution >= 4 is 11.6 Å². The highest BCUT2D eigenvalue weighted by Crippen LogP contribution is 2.22. The van der Waals surface area contributed by atoms with Crippen molar-refractivity contribution in [3.63, 3.8) is 0 Å². The average Bonchev–Trinajstić information content (AvgIpc) is 3.18. The molecular weight excluding hydrogens is 321 g/mol. The van der Waals surface area contributed by atoms with Crippen LogP contribution in [-0.2, 0) is 13.1 Å². The van der Waals surface area contributed by atoms with E-state index in [0.29, 0.717) is 35.6 Å². The van der Waals surface area contributed by atoms with Gasteiger partial charge in [0.05, 0.1) is 35.4 Å². The van der Waals surface area contributed by atoms with Crippen LogP contribution in [0.3, 0.4) is 0 Å². The second-order valence-electron chi connectivity index (χ2n) is 5.83. The maximum absolute atomic E-state index is 13.9. The number of hydrogen-bond acceptors (Lipinski definition) is 3. The normalized spacial score (nSPS) is 10.9. The largest absolute Gasteiger partial charge is 0.319 e. The zero-order valence-corrected chi connectivity index (χ0v) is 14.5. The van der Waals surface area contributed by atoms with Crippen molar-refractivity contribution in [2.75, 3.05) is 5.32 Å². The predicted molar refractivity (Wildman–Crippen MR) is 93.1 cm³/mol. The second kappa shape index (κ2) is 6.88. The molecule has 25 heavy (non-hydrogen) atoms. The van der Waals surface area contributed by atoms with Crippen LogP contribution in [0.5, 0.6) is 0 Å². The number of rotatable bonds is 5. The van der Waals surface area contributed by atoms with E-state index < -0.39 is 0 Å². The molecule has 0 saturated carbocycles. The Hall–Kier alpha value is -2.96. The molecule has 0 aliphatic carbocycles. The van der Waals surface area contributed by atoms with Crippen LogP contribution < -0.4 is 5.32 Å². The molecule has 0 spiro atoms. The second-order valence-corrected chi connectivity index (χ2v) is 5.83.